The van der Waals surface area contributed by atoms with Gasteiger partial charge in [-0.15, -0.1) is 0 Å². The van der Waals surface area contributed by atoms with Crippen molar-refractivity contribution in [3.8, 4) is 6.07 Å². The SMILES string of the molecule is N#CC(O)c1ccccc1.O=C(O)[C@H](O)c1ccccc1. The number of carbonyl (C=O) groups is 1. The maximum absolute atomic E-state index is 10.2. The first-order valence-corrected chi connectivity index (χ1v) is 6.14. The smallest absolute Gasteiger partial charge is 0.337 e. The molecule has 5 nitrogen and oxygen atoms in total. The number of rotatable bonds is 3. The van der Waals surface area contributed by atoms with Gasteiger partial charge in [0.15, 0.2) is 12.2 Å². The molecule has 2 aromatic rings. The molecule has 0 fully saturated rings. The third kappa shape index (κ3) is 5.45. The van der Waals surface area contributed by atoms with Crippen molar-refractivity contribution in [3.63, 3.8) is 0 Å². The Labute approximate surface area is 122 Å². The summed E-state index contributed by atoms with van der Waals surface area (Å²) < 4.78 is 0. The average Bonchev–Trinajstić information content (AvgIpc) is 2.55. The van der Waals surface area contributed by atoms with Crippen molar-refractivity contribution in [3.05, 3.63) is 71.8 Å². The second kappa shape index (κ2) is 8.48. The third-order valence-corrected chi connectivity index (χ3v) is 2.59. The number of hydrogen-bond acceptors (Lipinski definition) is 4. The molecule has 0 aliphatic rings. The molecule has 0 heterocycles. The Morgan fingerprint density at radius 2 is 1.33 bits per heavy atom. The lowest BCUT2D eigenvalue weighted by molar-refractivity contribution is -0.146. The Morgan fingerprint density at radius 1 is 0.905 bits per heavy atom. The second-order valence-corrected chi connectivity index (χ2v) is 4.09. The molecular weight excluding hydrogens is 270 g/mol. The Morgan fingerprint density at radius 3 is 1.71 bits per heavy atom. The zero-order valence-corrected chi connectivity index (χ0v) is 11.1. The molecule has 0 bridgehead atoms. The van der Waals surface area contributed by atoms with Crippen LogP contribution in [0.15, 0.2) is 60.7 Å². The summed E-state index contributed by atoms with van der Waals surface area (Å²) in [6, 6.07) is 18.8. The summed E-state index contributed by atoms with van der Waals surface area (Å²) in [5.74, 6) is -1.23. The Kier molecular flexibility index (Phi) is 6.61. The van der Waals surface area contributed by atoms with Crippen LogP contribution in [0.5, 0.6) is 0 Å². The van der Waals surface area contributed by atoms with E-state index in [1.165, 1.54) is 0 Å². The molecule has 0 saturated heterocycles. The summed E-state index contributed by atoms with van der Waals surface area (Å²) in [6.45, 7) is 0. The van der Waals surface area contributed by atoms with Crippen LogP contribution in [-0.4, -0.2) is 21.3 Å². The van der Waals surface area contributed by atoms with Gasteiger partial charge in [-0.2, -0.15) is 5.26 Å². The molecule has 108 valence electrons. The van der Waals surface area contributed by atoms with Gasteiger partial charge < -0.3 is 15.3 Å². The normalized spacial score (nSPS) is 12.2. The molecule has 0 saturated carbocycles. The van der Waals surface area contributed by atoms with E-state index in [4.69, 9.17) is 20.6 Å². The van der Waals surface area contributed by atoms with Crippen LogP contribution in [0, 0.1) is 11.3 Å². The molecule has 21 heavy (non-hydrogen) atoms. The van der Waals surface area contributed by atoms with Crippen molar-refractivity contribution in [1.29, 1.82) is 5.26 Å². The van der Waals surface area contributed by atoms with Crippen LogP contribution in [0.3, 0.4) is 0 Å². The molecular formula is C16H15NO4. The van der Waals surface area contributed by atoms with E-state index in [2.05, 4.69) is 0 Å². The summed E-state index contributed by atoms with van der Waals surface area (Å²) >= 11 is 0. The fraction of sp³-hybridized carbons (Fsp3) is 0.125. The molecule has 0 spiro atoms. The van der Waals surface area contributed by atoms with Crippen molar-refractivity contribution in [1.82, 2.24) is 0 Å². The van der Waals surface area contributed by atoms with Gasteiger partial charge >= 0.3 is 5.97 Å². The molecule has 0 aromatic heterocycles. The summed E-state index contributed by atoms with van der Waals surface area (Å²) in [6.07, 6.45) is -2.39. The number of nitriles is 1. The first-order chi connectivity index (χ1) is 10.1. The van der Waals surface area contributed by atoms with Crippen molar-refractivity contribution in [2.24, 2.45) is 0 Å². The molecule has 1 unspecified atom stereocenters. The van der Waals surface area contributed by atoms with Crippen LogP contribution in [0.4, 0.5) is 0 Å². The van der Waals surface area contributed by atoms with Gasteiger partial charge in [0, 0.05) is 0 Å². The monoisotopic (exact) mass is 285 g/mol. The molecule has 3 N–H and O–H groups in total. The van der Waals surface area contributed by atoms with Gasteiger partial charge in [-0.1, -0.05) is 60.7 Å². The summed E-state index contributed by atoms with van der Waals surface area (Å²) in [5, 5.41) is 34.6. The zero-order valence-electron chi connectivity index (χ0n) is 11.1. The summed E-state index contributed by atoms with van der Waals surface area (Å²) in [4.78, 5) is 10.2. The van der Waals surface area contributed by atoms with E-state index in [-0.39, 0.29) is 0 Å². The van der Waals surface area contributed by atoms with E-state index >= 15 is 0 Å². The number of aliphatic hydroxyl groups is 2. The first-order valence-electron chi connectivity index (χ1n) is 6.14. The van der Waals surface area contributed by atoms with Gasteiger partial charge in [-0.05, 0) is 11.1 Å². The van der Waals surface area contributed by atoms with Crippen LogP contribution in [0.1, 0.15) is 23.3 Å². The highest BCUT2D eigenvalue weighted by Crippen LogP contribution is 2.11. The van der Waals surface area contributed by atoms with Gasteiger partial charge in [-0.25, -0.2) is 4.79 Å². The highest BCUT2D eigenvalue weighted by molar-refractivity contribution is 5.73. The van der Waals surface area contributed by atoms with Crippen molar-refractivity contribution >= 4 is 5.97 Å². The van der Waals surface area contributed by atoms with E-state index in [0.29, 0.717) is 11.1 Å². The number of nitrogens with zero attached hydrogens (tertiary/aromatic N) is 1. The Hall–Kier alpha value is -2.68. The fourth-order valence-corrected chi connectivity index (χ4v) is 1.49. The largest absolute Gasteiger partial charge is 0.479 e. The lowest BCUT2D eigenvalue weighted by Crippen LogP contribution is -2.09. The summed E-state index contributed by atoms with van der Waals surface area (Å²) in [7, 11) is 0. The molecule has 0 aliphatic heterocycles. The van der Waals surface area contributed by atoms with Crippen molar-refractivity contribution in [2.45, 2.75) is 12.2 Å². The lowest BCUT2D eigenvalue weighted by Gasteiger charge is -2.03. The van der Waals surface area contributed by atoms with E-state index < -0.39 is 18.2 Å². The number of hydrogen-bond donors (Lipinski definition) is 3. The zero-order chi connectivity index (χ0) is 15.7. The average molecular weight is 285 g/mol. The number of carboxylic acid groups (broad SMARTS) is 1. The molecule has 2 atom stereocenters. The molecule has 0 radical (unpaired) electrons. The predicted octanol–water partition coefficient (Wildman–Crippen LogP) is 2.05. The number of benzene rings is 2. The van der Waals surface area contributed by atoms with Crippen molar-refractivity contribution < 1.29 is 20.1 Å². The van der Waals surface area contributed by atoms with Crippen LogP contribution in [-0.2, 0) is 4.79 Å². The fourth-order valence-electron chi connectivity index (χ4n) is 1.49. The van der Waals surface area contributed by atoms with Gasteiger partial charge in [0.1, 0.15) is 0 Å². The minimum atomic E-state index is -1.41. The highest BCUT2D eigenvalue weighted by Gasteiger charge is 2.14. The topological polar surface area (TPSA) is 102 Å². The van der Waals surface area contributed by atoms with Crippen LogP contribution in [0.25, 0.3) is 0 Å². The van der Waals surface area contributed by atoms with Gasteiger partial charge in [-0.3, -0.25) is 0 Å². The maximum atomic E-state index is 10.2. The molecule has 2 aromatic carbocycles. The highest BCUT2D eigenvalue weighted by atomic mass is 16.4. The first kappa shape index (κ1) is 16.4. The molecule has 5 heteroatoms. The number of carboxylic acids is 1. The van der Waals surface area contributed by atoms with E-state index in [0.717, 1.165) is 0 Å². The minimum Gasteiger partial charge on any atom is -0.479 e. The third-order valence-electron chi connectivity index (χ3n) is 2.59. The Balaban J connectivity index is 0.000000211. The second-order valence-electron chi connectivity index (χ2n) is 4.09. The van der Waals surface area contributed by atoms with E-state index in [1.54, 1.807) is 60.7 Å². The van der Waals surface area contributed by atoms with Crippen LogP contribution in [0.2, 0.25) is 0 Å². The molecule has 0 amide bonds. The number of aliphatic carboxylic acids is 1. The van der Waals surface area contributed by atoms with Crippen LogP contribution < -0.4 is 0 Å². The lowest BCUT2D eigenvalue weighted by atomic mass is 10.1. The van der Waals surface area contributed by atoms with Gasteiger partial charge in [0.25, 0.3) is 0 Å². The summed E-state index contributed by atoms with van der Waals surface area (Å²) in [5.41, 5.74) is 1.05. The van der Waals surface area contributed by atoms with Gasteiger partial charge in [0.2, 0.25) is 0 Å². The van der Waals surface area contributed by atoms with Gasteiger partial charge in [0.05, 0.1) is 6.07 Å². The maximum Gasteiger partial charge on any atom is 0.337 e. The Bertz CT molecular complexity index is 593. The van der Waals surface area contributed by atoms with E-state index in [1.807, 2.05) is 6.07 Å². The van der Waals surface area contributed by atoms with Crippen molar-refractivity contribution in [2.75, 3.05) is 0 Å². The quantitative estimate of drug-likeness (QED) is 0.749. The van der Waals surface area contributed by atoms with Crippen LogP contribution >= 0.6 is 0 Å². The predicted molar refractivity (Wildman–Crippen MR) is 76.1 cm³/mol. The number of aliphatic hydroxyl groups excluding tert-OH is 2. The molecule has 2 rings (SSSR count). The minimum absolute atomic E-state index is 0.403. The van der Waals surface area contributed by atoms with E-state index in [9.17, 15) is 4.79 Å². The standard InChI is InChI=1S/C8H7NO.C8H8O3/c9-6-8(10)7-4-2-1-3-5-7;9-7(8(10)11)6-4-2-1-3-5-6/h1-5,8,10H;1-5,7,9H,(H,10,11)/t;7-/m.1/s1. The molecule has 0 aliphatic carbocycles.